The minimum atomic E-state index is 0. The van der Waals surface area contributed by atoms with Gasteiger partial charge in [0.15, 0.2) is 0 Å². The van der Waals surface area contributed by atoms with Gasteiger partial charge in [0.1, 0.15) is 0 Å². The van der Waals surface area contributed by atoms with Gasteiger partial charge in [0.2, 0.25) is 5.91 Å². The lowest BCUT2D eigenvalue weighted by Gasteiger charge is -2.28. The second-order valence-corrected chi connectivity index (χ2v) is 7.20. The van der Waals surface area contributed by atoms with Gasteiger partial charge in [0, 0.05) is 13.0 Å². The van der Waals surface area contributed by atoms with Crippen molar-refractivity contribution in [2.24, 2.45) is 17.8 Å². The van der Waals surface area contributed by atoms with Crippen molar-refractivity contribution in [1.29, 1.82) is 0 Å². The van der Waals surface area contributed by atoms with E-state index in [1.807, 2.05) is 18.2 Å². The van der Waals surface area contributed by atoms with Gasteiger partial charge in [-0.2, -0.15) is 0 Å². The van der Waals surface area contributed by atoms with E-state index in [4.69, 9.17) is 4.74 Å². The summed E-state index contributed by atoms with van der Waals surface area (Å²) in [5.41, 5.74) is 1.18. The first-order valence-electron chi connectivity index (χ1n) is 9.24. The highest BCUT2D eigenvalue weighted by molar-refractivity contribution is 5.85. The topological polar surface area (TPSA) is 50.4 Å². The second-order valence-electron chi connectivity index (χ2n) is 7.20. The molecule has 1 fully saturated rings. The summed E-state index contributed by atoms with van der Waals surface area (Å²) in [6.07, 6.45) is 3.10. The molecule has 2 N–H and O–H groups in total. The van der Waals surface area contributed by atoms with Crippen LogP contribution in [0.4, 0.5) is 0 Å². The van der Waals surface area contributed by atoms with Crippen LogP contribution in [0, 0.1) is 17.8 Å². The average molecular weight is 369 g/mol. The Bertz CT molecular complexity index is 478. The molecule has 1 amide bonds. The molecule has 2 rings (SSSR count). The molecule has 3 unspecified atom stereocenters. The van der Waals surface area contributed by atoms with E-state index in [0.717, 1.165) is 13.1 Å². The fourth-order valence-corrected chi connectivity index (χ4v) is 3.19. The van der Waals surface area contributed by atoms with E-state index in [2.05, 4.69) is 36.6 Å². The van der Waals surface area contributed by atoms with Crippen LogP contribution in [0.15, 0.2) is 30.3 Å². The van der Waals surface area contributed by atoms with E-state index in [1.54, 1.807) is 0 Å². The maximum atomic E-state index is 12.1. The van der Waals surface area contributed by atoms with Gasteiger partial charge in [-0.1, -0.05) is 44.2 Å². The molecule has 0 saturated carbocycles. The Balaban J connectivity index is 0.00000312. The first-order chi connectivity index (χ1) is 11.6. The molecule has 1 aromatic rings. The summed E-state index contributed by atoms with van der Waals surface area (Å²) in [5, 5.41) is 6.49. The highest BCUT2D eigenvalue weighted by Crippen LogP contribution is 2.22. The zero-order valence-electron chi connectivity index (χ0n) is 15.5. The molecule has 0 aliphatic carbocycles. The lowest BCUT2D eigenvalue weighted by Crippen LogP contribution is -2.36. The van der Waals surface area contributed by atoms with Crippen LogP contribution in [-0.2, 0) is 16.1 Å². The zero-order valence-corrected chi connectivity index (χ0v) is 16.3. The summed E-state index contributed by atoms with van der Waals surface area (Å²) in [5.74, 6) is 1.57. The van der Waals surface area contributed by atoms with Crippen LogP contribution in [0.25, 0.3) is 0 Å². The molecule has 1 aromatic carbocycles. The Morgan fingerprint density at radius 3 is 2.76 bits per heavy atom. The molecular weight excluding hydrogens is 336 g/mol. The molecule has 1 saturated heterocycles. The molecule has 3 atom stereocenters. The molecule has 0 radical (unpaired) electrons. The van der Waals surface area contributed by atoms with Crippen LogP contribution >= 0.6 is 12.4 Å². The van der Waals surface area contributed by atoms with Crippen molar-refractivity contribution in [2.75, 3.05) is 26.2 Å². The minimum absolute atomic E-state index is 0. The van der Waals surface area contributed by atoms with Crippen LogP contribution in [0.3, 0.4) is 0 Å². The standard InChI is InChI=1S/C20H32N2O2.ClH/c1-16(14-24-15-18-7-4-3-5-8-18)12-22-20(23)11-17(2)19-9-6-10-21-13-19;/h3-5,7-8,16-17,19,21H,6,9-15H2,1-2H3,(H,22,23);1H. The summed E-state index contributed by atoms with van der Waals surface area (Å²) in [4.78, 5) is 12.1. The number of piperidine rings is 1. The number of carbonyl (C=O) groups is 1. The fourth-order valence-electron chi connectivity index (χ4n) is 3.19. The molecule has 1 aliphatic heterocycles. The SMILES string of the molecule is CC(CNC(=O)CC(C)C1CCCNC1)COCc1ccccc1.Cl. The third-order valence-electron chi connectivity index (χ3n) is 4.81. The van der Waals surface area contributed by atoms with Crippen LogP contribution in [0.2, 0.25) is 0 Å². The Hall–Kier alpha value is -1.10. The summed E-state index contributed by atoms with van der Waals surface area (Å²) in [6, 6.07) is 10.2. The number of hydrogen-bond acceptors (Lipinski definition) is 3. The number of halogens is 1. The van der Waals surface area contributed by atoms with Gasteiger partial charge >= 0.3 is 0 Å². The number of carbonyl (C=O) groups excluding carboxylic acids is 1. The first kappa shape index (κ1) is 21.9. The van der Waals surface area contributed by atoms with E-state index in [-0.39, 0.29) is 18.3 Å². The predicted molar refractivity (Wildman–Crippen MR) is 105 cm³/mol. The Labute approximate surface area is 158 Å². The Morgan fingerprint density at radius 1 is 1.32 bits per heavy atom. The van der Waals surface area contributed by atoms with Crippen molar-refractivity contribution in [1.82, 2.24) is 10.6 Å². The van der Waals surface area contributed by atoms with Crippen molar-refractivity contribution in [2.45, 2.75) is 39.7 Å². The van der Waals surface area contributed by atoms with Crippen molar-refractivity contribution in [3.05, 3.63) is 35.9 Å². The quantitative estimate of drug-likeness (QED) is 0.702. The van der Waals surface area contributed by atoms with Crippen LogP contribution in [-0.4, -0.2) is 32.1 Å². The number of amides is 1. The Morgan fingerprint density at radius 2 is 2.08 bits per heavy atom. The maximum absolute atomic E-state index is 12.1. The number of nitrogens with one attached hydrogen (secondary N) is 2. The van der Waals surface area contributed by atoms with Crippen molar-refractivity contribution in [3.8, 4) is 0 Å². The summed E-state index contributed by atoms with van der Waals surface area (Å²) in [7, 11) is 0. The molecule has 1 aliphatic rings. The molecular formula is C20H33ClN2O2. The average Bonchev–Trinajstić information content (AvgIpc) is 2.61. The molecule has 5 heteroatoms. The van der Waals surface area contributed by atoms with Gasteiger partial charge in [0.05, 0.1) is 13.2 Å². The predicted octanol–water partition coefficient (Wildman–Crippen LogP) is 3.40. The van der Waals surface area contributed by atoms with Gasteiger partial charge in [-0.25, -0.2) is 0 Å². The fraction of sp³-hybridized carbons (Fsp3) is 0.650. The lowest BCUT2D eigenvalue weighted by atomic mass is 9.85. The molecule has 0 spiro atoms. The monoisotopic (exact) mass is 368 g/mol. The molecule has 25 heavy (non-hydrogen) atoms. The van der Waals surface area contributed by atoms with Crippen LogP contribution in [0.5, 0.6) is 0 Å². The summed E-state index contributed by atoms with van der Waals surface area (Å²) >= 11 is 0. The number of rotatable bonds is 9. The van der Waals surface area contributed by atoms with Crippen molar-refractivity contribution in [3.63, 3.8) is 0 Å². The van der Waals surface area contributed by atoms with Gasteiger partial charge in [-0.3, -0.25) is 4.79 Å². The maximum Gasteiger partial charge on any atom is 0.220 e. The van der Waals surface area contributed by atoms with E-state index in [1.165, 1.54) is 18.4 Å². The van der Waals surface area contributed by atoms with E-state index < -0.39 is 0 Å². The number of benzene rings is 1. The van der Waals surface area contributed by atoms with Gasteiger partial charge in [-0.15, -0.1) is 12.4 Å². The highest BCUT2D eigenvalue weighted by Gasteiger charge is 2.22. The largest absolute Gasteiger partial charge is 0.376 e. The third kappa shape index (κ3) is 8.70. The van der Waals surface area contributed by atoms with E-state index >= 15 is 0 Å². The molecule has 1 heterocycles. The zero-order chi connectivity index (χ0) is 17.2. The molecule has 4 nitrogen and oxygen atoms in total. The van der Waals surface area contributed by atoms with Crippen LogP contribution < -0.4 is 10.6 Å². The second kappa shape index (κ2) is 12.3. The minimum Gasteiger partial charge on any atom is -0.376 e. The van der Waals surface area contributed by atoms with Crippen molar-refractivity contribution < 1.29 is 9.53 Å². The van der Waals surface area contributed by atoms with Gasteiger partial charge in [-0.05, 0) is 49.2 Å². The van der Waals surface area contributed by atoms with Gasteiger partial charge < -0.3 is 15.4 Å². The van der Waals surface area contributed by atoms with Gasteiger partial charge in [0.25, 0.3) is 0 Å². The number of ether oxygens (including phenoxy) is 1. The first-order valence-corrected chi connectivity index (χ1v) is 9.24. The lowest BCUT2D eigenvalue weighted by molar-refractivity contribution is -0.122. The highest BCUT2D eigenvalue weighted by atomic mass is 35.5. The Kier molecular flexibility index (Phi) is 10.8. The molecule has 0 bridgehead atoms. The number of hydrogen-bond donors (Lipinski definition) is 2. The smallest absolute Gasteiger partial charge is 0.220 e. The molecule has 0 aromatic heterocycles. The van der Waals surface area contributed by atoms with E-state index in [9.17, 15) is 4.79 Å². The van der Waals surface area contributed by atoms with Crippen molar-refractivity contribution >= 4 is 18.3 Å². The molecule has 142 valence electrons. The van der Waals surface area contributed by atoms with Crippen LogP contribution in [0.1, 0.15) is 38.7 Å². The summed E-state index contributed by atoms with van der Waals surface area (Å²) < 4.78 is 5.73. The normalized spacial score (nSPS) is 19.5. The summed E-state index contributed by atoms with van der Waals surface area (Å²) in [6.45, 7) is 8.46. The third-order valence-corrected chi connectivity index (χ3v) is 4.81. The van der Waals surface area contributed by atoms with E-state index in [0.29, 0.717) is 43.9 Å².